The maximum atomic E-state index is 5.29. The van der Waals surface area contributed by atoms with Gasteiger partial charge in [0, 0.05) is 32.2 Å². The van der Waals surface area contributed by atoms with Crippen LogP contribution in [0.1, 0.15) is 17.2 Å². The highest BCUT2D eigenvalue weighted by molar-refractivity contribution is 5.39. The smallest absolute Gasteiger partial charge is 0.119 e. The molecule has 0 aromatic heterocycles. The van der Waals surface area contributed by atoms with Gasteiger partial charge in [-0.3, -0.25) is 4.90 Å². The lowest BCUT2D eigenvalue weighted by Crippen LogP contribution is -2.48. The lowest BCUT2D eigenvalue weighted by molar-refractivity contribution is 0.151. The minimum atomic E-state index is 0.573. The van der Waals surface area contributed by atoms with Crippen LogP contribution in [0.5, 0.6) is 5.75 Å². The van der Waals surface area contributed by atoms with Gasteiger partial charge in [-0.15, -0.1) is 0 Å². The Morgan fingerprint density at radius 3 is 3.19 bits per heavy atom. The molecule has 1 aromatic carbocycles. The first kappa shape index (κ1) is 10.1. The van der Waals surface area contributed by atoms with Crippen molar-refractivity contribution in [3.05, 3.63) is 29.3 Å². The zero-order valence-electron chi connectivity index (χ0n) is 9.70. The van der Waals surface area contributed by atoms with E-state index in [-0.39, 0.29) is 0 Å². The molecule has 3 heteroatoms. The van der Waals surface area contributed by atoms with Gasteiger partial charge in [-0.25, -0.2) is 0 Å². The molecule has 86 valence electrons. The second kappa shape index (κ2) is 4.07. The molecule has 3 rings (SSSR count). The molecule has 0 spiro atoms. The summed E-state index contributed by atoms with van der Waals surface area (Å²) >= 11 is 0. The first-order chi connectivity index (χ1) is 7.88. The van der Waals surface area contributed by atoms with E-state index in [1.54, 1.807) is 7.11 Å². The van der Waals surface area contributed by atoms with Crippen LogP contribution in [0.2, 0.25) is 0 Å². The van der Waals surface area contributed by atoms with Crippen molar-refractivity contribution in [1.29, 1.82) is 0 Å². The molecule has 0 bridgehead atoms. The normalized spacial score (nSPS) is 24.7. The Bertz CT molecular complexity index is 392. The number of nitrogens with one attached hydrogen (secondary N) is 1. The van der Waals surface area contributed by atoms with Crippen LogP contribution < -0.4 is 10.1 Å². The Morgan fingerprint density at radius 2 is 2.31 bits per heavy atom. The van der Waals surface area contributed by atoms with Crippen LogP contribution >= 0.6 is 0 Å². The Hall–Kier alpha value is -1.06. The molecular formula is C13H18N2O. The summed E-state index contributed by atoms with van der Waals surface area (Å²) in [5.74, 6) is 0.982. The lowest BCUT2D eigenvalue weighted by Gasteiger charge is -2.40. The molecule has 1 saturated heterocycles. The van der Waals surface area contributed by atoms with E-state index in [4.69, 9.17) is 4.74 Å². The SMILES string of the molecule is COc1ccc2c(c1)CCN1CCNC[C@@H]21. The summed E-state index contributed by atoms with van der Waals surface area (Å²) in [5, 5.41) is 3.48. The van der Waals surface area contributed by atoms with Crippen molar-refractivity contribution in [2.24, 2.45) is 0 Å². The molecule has 2 aliphatic heterocycles. The number of benzene rings is 1. The maximum absolute atomic E-state index is 5.29. The van der Waals surface area contributed by atoms with E-state index in [0.717, 1.165) is 25.3 Å². The zero-order valence-corrected chi connectivity index (χ0v) is 9.70. The molecule has 0 aliphatic carbocycles. The molecule has 0 amide bonds. The van der Waals surface area contributed by atoms with Gasteiger partial charge in [-0.05, 0) is 29.7 Å². The van der Waals surface area contributed by atoms with Crippen LogP contribution in [0.4, 0.5) is 0 Å². The largest absolute Gasteiger partial charge is 0.497 e. The van der Waals surface area contributed by atoms with Crippen molar-refractivity contribution < 1.29 is 4.74 Å². The molecule has 2 heterocycles. The minimum Gasteiger partial charge on any atom is -0.497 e. The van der Waals surface area contributed by atoms with E-state index >= 15 is 0 Å². The van der Waals surface area contributed by atoms with Crippen LogP contribution in [0.15, 0.2) is 18.2 Å². The fourth-order valence-electron chi connectivity index (χ4n) is 2.84. The highest BCUT2D eigenvalue weighted by Gasteiger charge is 2.29. The molecule has 2 aliphatic rings. The number of rotatable bonds is 1. The Labute approximate surface area is 96.4 Å². The van der Waals surface area contributed by atoms with E-state index < -0.39 is 0 Å². The van der Waals surface area contributed by atoms with E-state index in [9.17, 15) is 0 Å². The highest BCUT2D eigenvalue weighted by Crippen LogP contribution is 2.32. The first-order valence-corrected chi connectivity index (χ1v) is 6.00. The van der Waals surface area contributed by atoms with Crippen LogP contribution in [0.3, 0.4) is 0 Å². The van der Waals surface area contributed by atoms with Gasteiger partial charge in [-0.2, -0.15) is 0 Å². The zero-order chi connectivity index (χ0) is 11.0. The molecule has 1 atom stereocenters. The van der Waals surface area contributed by atoms with E-state index in [2.05, 4.69) is 28.4 Å². The molecule has 0 radical (unpaired) electrons. The summed E-state index contributed by atoms with van der Waals surface area (Å²) in [5.41, 5.74) is 2.95. The molecule has 3 nitrogen and oxygen atoms in total. The molecular weight excluding hydrogens is 200 g/mol. The van der Waals surface area contributed by atoms with Crippen LogP contribution in [-0.2, 0) is 6.42 Å². The van der Waals surface area contributed by atoms with Gasteiger partial charge >= 0.3 is 0 Å². The standard InChI is InChI=1S/C13H18N2O/c1-16-11-2-3-12-10(8-11)4-6-15-7-5-14-9-13(12)15/h2-3,8,13-14H,4-7,9H2,1H3/t13-/m0/s1. The average molecular weight is 218 g/mol. The fraction of sp³-hybridized carbons (Fsp3) is 0.538. The highest BCUT2D eigenvalue weighted by atomic mass is 16.5. The second-order valence-corrected chi connectivity index (χ2v) is 4.57. The van der Waals surface area contributed by atoms with Crippen LogP contribution in [0.25, 0.3) is 0 Å². The number of piperazine rings is 1. The van der Waals surface area contributed by atoms with Crippen molar-refractivity contribution in [3.8, 4) is 5.75 Å². The third-order valence-corrected chi connectivity index (χ3v) is 3.73. The van der Waals surface area contributed by atoms with Gasteiger partial charge in [0.25, 0.3) is 0 Å². The van der Waals surface area contributed by atoms with Gasteiger partial charge < -0.3 is 10.1 Å². The fourth-order valence-corrected chi connectivity index (χ4v) is 2.84. The van der Waals surface area contributed by atoms with Gasteiger partial charge in [0.2, 0.25) is 0 Å². The van der Waals surface area contributed by atoms with Crippen LogP contribution in [0, 0.1) is 0 Å². The monoisotopic (exact) mass is 218 g/mol. The first-order valence-electron chi connectivity index (χ1n) is 6.00. The van der Waals surface area contributed by atoms with Crippen molar-refractivity contribution in [2.75, 3.05) is 33.3 Å². The Kier molecular flexibility index (Phi) is 2.58. The molecule has 16 heavy (non-hydrogen) atoms. The van der Waals surface area contributed by atoms with Gasteiger partial charge in [0.15, 0.2) is 0 Å². The van der Waals surface area contributed by atoms with Gasteiger partial charge in [0.1, 0.15) is 5.75 Å². The molecule has 1 fully saturated rings. The number of ether oxygens (including phenoxy) is 1. The Balaban J connectivity index is 1.96. The minimum absolute atomic E-state index is 0.573. The Morgan fingerprint density at radius 1 is 1.38 bits per heavy atom. The van der Waals surface area contributed by atoms with Crippen LogP contribution in [-0.4, -0.2) is 38.2 Å². The third-order valence-electron chi connectivity index (χ3n) is 3.73. The second-order valence-electron chi connectivity index (χ2n) is 4.57. The summed E-state index contributed by atoms with van der Waals surface area (Å²) < 4.78 is 5.29. The van der Waals surface area contributed by atoms with E-state index in [1.807, 2.05) is 0 Å². The predicted octanol–water partition coefficient (Wildman–Crippen LogP) is 1.20. The number of hydrogen-bond donors (Lipinski definition) is 1. The maximum Gasteiger partial charge on any atom is 0.119 e. The number of methoxy groups -OCH3 is 1. The third kappa shape index (κ3) is 1.60. The van der Waals surface area contributed by atoms with Gasteiger partial charge in [-0.1, -0.05) is 6.07 Å². The van der Waals surface area contributed by atoms with Gasteiger partial charge in [0.05, 0.1) is 7.11 Å². The summed E-state index contributed by atoms with van der Waals surface area (Å²) in [6.07, 6.45) is 1.16. The predicted molar refractivity (Wildman–Crippen MR) is 63.9 cm³/mol. The lowest BCUT2D eigenvalue weighted by atomic mass is 9.91. The molecule has 1 N–H and O–H groups in total. The number of hydrogen-bond acceptors (Lipinski definition) is 3. The topological polar surface area (TPSA) is 24.5 Å². The molecule has 0 saturated carbocycles. The summed E-state index contributed by atoms with van der Waals surface area (Å²) in [6, 6.07) is 7.08. The van der Waals surface area contributed by atoms with Crippen molar-refractivity contribution >= 4 is 0 Å². The van der Waals surface area contributed by atoms with Crippen molar-refractivity contribution in [2.45, 2.75) is 12.5 Å². The number of fused-ring (bicyclic) bond motifs is 3. The summed E-state index contributed by atoms with van der Waals surface area (Å²) in [4.78, 5) is 2.59. The van der Waals surface area contributed by atoms with Crippen molar-refractivity contribution in [3.63, 3.8) is 0 Å². The molecule has 0 unspecified atom stereocenters. The van der Waals surface area contributed by atoms with Crippen molar-refractivity contribution in [1.82, 2.24) is 10.2 Å². The average Bonchev–Trinajstić information content (AvgIpc) is 2.38. The molecule has 1 aromatic rings. The number of nitrogens with zero attached hydrogens (tertiary/aromatic N) is 1. The summed E-state index contributed by atoms with van der Waals surface area (Å²) in [7, 11) is 1.74. The summed E-state index contributed by atoms with van der Waals surface area (Å²) in [6.45, 7) is 4.57. The quantitative estimate of drug-likeness (QED) is 0.766. The van der Waals surface area contributed by atoms with E-state index in [0.29, 0.717) is 6.04 Å². The van der Waals surface area contributed by atoms with E-state index in [1.165, 1.54) is 24.2 Å².